The van der Waals surface area contributed by atoms with Crippen LogP contribution < -0.4 is 15.0 Å². The van der Waals surface area contributed by atoms with Gasteiger partial charge in [-0.1, -0.05) is 31.2 Å². The fraction of sp³-hybridized carbons (Fsp3) is 0.160. The number of aromatic nitrogens is 4. The zero-order valence-corrected chi connectivity index (χ0v) is 18.1. The van der Waals surface area contributed by atoms with Gasteiger partial charge in [-0.2, -0.15) is 5.10 Å². The van der Waals surface area contributed by atoms with Gasteiger partial charge in [0.15, 0.2) is 5.65 Å². The number of methoxy groups -OCH3 is 2. The van der Waals surface area contributed by atoms with Gasteiger partial charge in [-0.05, 0) is 42.3 Å². The number of rotatable bonds is 5. The first-order valence-corrected chi connectivity index (χ1v) is 10.4. The summed E-state index contributed by atoms with van der Waals surface area (Å²) in [5, 5.41) is 5.29. The molecular weight excluding hydrogens is 404 g/mol. The second-order valence-electron chi connectivity index (χ2n) is 7.36. The highest BCUT2D eigenvalue weighted by Crippen LogP contribution is 2.31. The zero-order chi connectivity index (χ0) is 22.2. The minimum absolute atomic E-state index is 0.180. The summed E-state index contributed by atoms with van der Waals surface area (Å²) in [7, 11) is 3.24. The van der Waals surface area contributed by atoms with E-state index in [0.29, 0.717) is 28.0 Å². The van der Waals surface area contributed by atoms with E-state index < -0.39 is 0 Å². The van der Waals surface area contributed by atoms with Crippen molar-refractivity contribution in [3.63, 3.8) is 0 Å². The molecule has 5 rings (SSSR count). The Balaban J connectivity index is 1.75. The largest absolute Gasteiger partial charge is 0.497 e. The molecule has 0 saturated carbocycles. The number of aryl methyl sites for hydroxylation is 1. The van der Waals surface area contributed by atoms with Crippen LogP contribution in [0.1, 0.15) is 12.6 Å². The maximum atomic E-state index is 13.4. The first kappa shape index (κ1) is 19.8. The summed E-state index contributed by atoms with van der Waals surface area (Å²) >= 11 is 0. The Morgan fingerprint density at radius 1 is 0.969 bits per heavy atom. The molecule has 0 N–H and O–H groups in total. The molecule has 2 aromatic carbocycles. The predicted molar refractivity (Wildman–Crippen MR) is 124 cm³/mol. The van der Waals surface area contributed by atoms with Gasteiger partial charge in [-0.15, -0.1) is 0 Å². The molecule has 0 amide bonds. The number of ether oxygens (including phenoxy) is 2. The van der Waals surface area contributed by atoms with Crippen molar-refractivity contribution in [2.75, 3.05) is 14.2 Å². The predicted octanol–water partition coefficient (Wildman–Crippen LogP) is 4.28. The first-order valence-electron chi connectivity index (χ1n) is 10.4. The smallest absolute Gasteiger partial charge is 0.266 e. The Morgan fingerprint density at radius 2 is 1.75 bits per heavy atom. The monoisotopic (exact) mass is 426 g/mol. The van der Waals surface area contributed by atoms with E-state index in [1.807, 2.05) is 54.6 Å². The van der Waals surface area contributed by atoms with Crippen molar-refractivity contribution in [3.05, 3.63) is 83.0 Å². The standard InChI is InChI=1S/C25H22N4O3/c1-4-19-23(16-9-11-17(31-2)12-10-16)24-26-15-18-20(29(24)27-19)13-14-28(25(18)30)21-7-5-6-8-22(21)32-3/h5-15H,4H2,1-3H3. The highest BCUT2D eigenvalue weighted by atomic mass is 16.5. The van der Waals surface area contributed by atoms with Crippen molar-refractivity contribution < 1.29 is 9.47 Å². The molecule has 32 heavy (non-hydrogen) atoms. The molecule has 7 heteroatoms. The quantitative estimate of drug-likeness (QED) is 0.420. The van der Waals surface area contributed by atoms with Crippen LogP contribution in [0.5, 0.6) is 11.5 Å². The Bertz CT molecular complexity index is 1500. The molecule has 7 nitrogen and oxygen atoms in total. The van der Waals surface area contributed by atoms with Gasteiger partial charge in [0.25, 0.3) is 5.56 Å². The SMILES string of the molecule is CCc1nn2c(ncc3c(=O)n(-c4ccccc4OC)ccc32)c1-c1ccc(OC)cc1. The maximum Gasteiger partial charge on any atom is 0.266 e. The van der Waals surface area contributed by atoms with Crippen molar-refractivity contribution >= 4 is 16.6 Å². The van der Waals surface area contributed by atoms with Crippen LogP contribution in [0.15, 0.2) is 71.8 Å². The van der Waals surface area contributed by atoms with Crippen molar-refractivity contribution in [2.45, 2.75) is 13.3 Å². The van der Waals surface area contributed by atoms with Crippen molar-refractivity contribution in [2.24, 2.45) is 0 Å². The van der Waals surface area contributed by atoms with Crippen LogP contribution in [0.4, 0.5) is 0 Å². The minimum atomic E-state index is -0.180. The fourth-order valence-corrected chi connectivity index (χ4v) is 4.03. The molecule has 160 valence electrons. The highest BCUT2D eigenvalue weighted by molar-refractivity contribution is 5.87. The number of benzene rings is 2. The Hall–Kier alpha value is -4.13. The molecule has 0 aliphatic heterocycles. The molecule has 3 aromatic heterocycles. The van der Waals surface area contributed by atoms with Gasteiger partial charge in [-0.25, -0.2) is 9.50 Å². The van der Waals surface area contributed by atoms with Crippen LogP contribution in [-0.2, 0) is 6.42 Å². The molecule has 0 unspecified atom stereocenters. The van der Waals surface area contributed by atoms with E-state index >= 15 is 0 Å². The van der Waals surface area contributed by atoms with E-state index in [1.165, 1.54) is 0 Å². The molecule has 0 fully saturated rings. The van der Waals surface area contributed by atoms with Crippen LogP contribution in [0.2, 0.25) is 0 Å². The number of hydrogen-bond acceptors (Lipinski definition) is 5. The van der Waals surface area contributed by atoms with Gasteiger partial charge in [0.2, 0.25) is 0 Å². The van der Waals surface area contributed by atoms with Gasteiger partial charge in [0.1, 0.15) is 11.5 Å². The van der Waals surface area contributed by atoms with Crippen molar-refractivity contribution in [1.29, 1.82) is 0 Å². The molecule has 0 aliphatic rings. The summed E-state index contributed by atoms with van der Waals surface area (Å²) in [5.74, 6) is 1.41. The lowest BCUT2D eigenvalue weighted by Crippen LogP contribution is -2.19. The number of nitrogens with zero attached hydrogens (tertiary/aromatic N) is 4. The molecule has 5 aromatic rings. The molecule has 0 saturated heterocycles. The molecule has 0 aliphatic carbocycles. The first-order chi connectivity index (χ1) is 15.7. The lowest BCUT2D eigenvalue weighted by molar-refractivity contribution is 0.412. The van der Waals surface area contributed by atoms with Crippen LogP contribution in [-0.4, -0.2) is 33.4 Å². The van der Waals surface area contributed by atoms with Crippen LogP contribution in [0.25, 0.3) is 33.4 Å². The van der Waals surface area contributed by atoms with Gasteiger partial charge in [-0.3, -0.25) is 9.36 Å². The van der Waals surface area contributed by atoms with Gasteiger partial charge < -0.3 is 9.47 Å². The third kappa shape index (κ3) is 3.01. The number of fused-ring (bicyclic) bond motifs is 3. The van der Waals surface area contributed by atoms with E-state index in [4.69, 9.17) is 14.6 Å². The number of pyridine rings is 1. The Labute approximate surface area is 184 Å². The summed E-state index contributed by atoms with van der Waals surface area (Å²) in [6.45, 7) is 2.06. The lowest BCUT2D eigenvalue weighted by Gasteiger charge is -2.11. The molecule has 0 bridgehead atoms. The van der Waals surface area contributed by atoms with Crippen LogP contribution in [0, 0.1) is 0 Å². The van der Waals surface area contributed by atoms with E-state index in [2.05, 4.69) is 11.9 Å². The van der Waals surface area contributed by atoms with Gasteiger partial charge in [0.05, 0.1) is 36.5 Å². The normalized spacial score (nSPS) is 11.2. The van der Waals surface area contributed by atoms with Gasteiger partial charge >= 0.3 is 0 Å². The maximum absolute atomic E-state index is 13.4. The molecule has 0 radical (unpaired) electrons. The zero-order valence-electron chi connectivity index (χ0n) is 18.1. The average molecular weight is 426 g/mol. The highest BCUT2D eigenvalue weighted by Gasteiger charge is 2.18. The molecule has 0 atom stereocenters. The van der Waals surface area contributed by atoms with Crippen molar-refractivity contribution in [1.82, 2.24) is 19.2 Å². The third-order valence-electron chi connectivity index (χ3n) is 5.64. The Morgan fingerprint density at radius 3 is 2.47 bits per heavy atom. The van der Waals surface area contributed by atoms with Gasteiger partial charge in [0, 0.05) is 18.0 Å². The van der Waals surface area contributed by atoms with E-state index in [9.17, 15) is 4.79 Å². The average Bonchev–Trinajstić information content (AvgIpc) is 3.23. The summed E-state index contributed by atoms with van der Waals surface area (Å²) in [6.07, 6.45) is 4.12. The molecule has 0 spiro atoms. The van der Waals surface area contributed by atoms with Crippen LogP contribution >= 0.6 is 0 Å². The second-order valence-corrected chi connectivity index (χ2v) is 7.36. The fourth-order valence-electron chi connectivity index (χ4n) is 4.03. The summed E-state index contributed by atoms with van der Waals surface area (Å²) in [5.41, 5.74) is 4.81. The minimum Gasteiger partial charge on any atom is -0.497 e. The lowest BCUT2D eigenvalue weighted by atomic mass is 10.0. The summed E-state index contributed by atoms with van der Waals surface area (Å²) in [6, 6.07) is 17.2. The second kappa shape index (κ2) is 7.85. The Kier molecular flexibility index (Phi) is 4.86. The number of hydrogen-bond donors (Lipinski definition) is 0. The number of para-hydroxylation sites is 2. The summed E-state index contributed by atoms with van der Waals surface area (Å²) in [4.78, 5) is 18.0. The van der Waals surface area contributed by atoms with E-state index in [1.54, 1.807) is 35.7 Å². The summed E-state index contributed by atoms with van der Waals surface area (Å²) < 4.78 is 14.1. The van der Waals surface area contributed by atoms with Crippen molar-refractivity contribution in [3.8, 4) is 28.3 Å². The molecular formula is C25H22N4O3. The van der Waals surface area contributed by atoms with E-state index in [-0.39, 0.29) is 5.56 Å². The topological polar surface area (TPSA) is 70.7 Å². The van der Waals surface area contributed by atoms with E-state index in [0.717, 1.165) is 29.0 Å². The molecule has 3 heterocycles. The van der Waals surface area contributed by atoms with Crippen LogP contribution in [0.3, 0.4) is 0 Å². The third-order valence-corrected chi connectivity index (χ3v) is 5.64.